The molecule has 3 atom stereocenters. The van der Waals surface area contributed by atoms with Gasteiger partial charge in [-0.15, -0.1) is 0 Å². The average Bonchev–Trinajstić information content (AvgIpc) is 2.91. The third-order valence-corrected chi connectivity index (χ3v) is 6.95. The number of aliphatic carboxylic acids is 1. The average molecular weight is 489 g/mol. The molecule has 8 heteroatoms. The molecule has 36 heavy (non-hydrogen) atoms. The fourth-order valence-electron chi connectivity index (χ4n) is 5.02. The normalized spacial score (nSPS) is 18.8. The Labute approximate surface area is 211 Å². The second kappa shape index (κ2) is 12.4. The Morgan fingerprint density at radius 3 is 2.83 bits per heavy atom. The number of carboxylic acid groups (broad SMARTS) is 1. The van der Waals surface area contributed by atoms with E-state index in [1.54, 1.807) is 25.7 Å². The predicted molar refractivity (Wildman–Crippen MR) is 136 cm³/mol. The van der Waals surface area contributed by atoms with Gasteiger partial charge in [-0.25, -0.2) is 9.97 Å². The molecule has 1 aliphatic rings. The van der Waals surface area contributed by atoms with Gasteiger partial charge in [-0.2, -0.15) is 0 Å². The molecule has 0 spiro atoms. The number of aliphatic hydroxyl groups excluding tert-OH is 1. The minimum absolute atomic E-state index is 0.152. The molecule has 3 aromatic rings. The highest BCUT2D eigenvalue weighted by atomic mass is 16.5. The molecular weight excluding hydrogens is 456 g/mol. The lowest BCUT2D eigenvalue weighted by Crippen LogP contribution is -2.41. The van der Waals surface area contributed by atoms with Crippen molar-refractivity contribution >= 4 is 16.9 Å². The summed E-state index contributed by atoms with van der Waals surface area (Å²) in [6.45, 7) is 2.34. The summed E-state index contributed by atoms with van der Waals surface area (Å²) in [6, 6.07) is 7.55. The molecule has 8 nitrogen and oxygen atoms in total. The Kier molecular flexibility index (Phi) is 8.82. The maximum absolute atomic E-state index is 11.3. The van der Waals surface area contributed by atoms with Gasteiger partial charge in [0.25, 0.3) is 0 Å². The molecule has 0 bridgehead atoms. The van der Waals surface area contributed by atoms with Gasteiger partial charge in [0, 0.05) is 36.9 Å². The van der Waals surface area contributed by atoms with Crippen molar-refractivity contribution in [1.29, 1.82) is 0 Å². The van der Waals surface area contributed by atoms with Crippen LogP contribution in [0.1, 0.15) is 49.3 Å². The number of hydrogen-bond acceptors (Lipinski definition) is 7. The van der Waals surface area contributed by atoms with Crippen LogP contribution < -0.4 is 4.74 Å². The number of piperidine rings is 1. The molecule has 0 saturated carbocycles. The van der Waals surface area contributed by atoms with Crippen LogP contribution in [0.2, 0.25) is 0 Å². The van der Waals surface area contributed by atoms with Crippen LogP contribution in [-0.4, -0.2) is 62.8 Å². The number of likely N-dealkylation sites (tertiary alicyclic amines) is 1. The molecule has 0 radical (unpaired) electrons. The SMILES string of the molecule is COc1ccc2nccc(C(O)CC[C@@H]3CCN(CC#Cc4cncnc4)C[C@@H]3CCC(=O)O)c2c1. The standard InChI is InChI=1S/C28H32N4O4/c1-36-23-6-7-26-25(15-23)24(10-12-31-26)27(33)8-4-21-11-14-32(18-22(21)5-9-28(34)35)13-2-3-20-16-29-19-30-17-20/h6-7,10,12,15-17,19,21-22,27,33H,4-5,8-9,11,13-14,18H2,1H3,(H,34,35)/t21-,22+,27?/m1/s1. The van der Waals surface area contributed by atoms with E-state index in [2.05, 4.69) is 31.7 Å². The predicted octanol–water partition coefficient (Wildman–Crippen LogP) is 3.70. The van der Waals surface area contributed by atoms with E-state index < -0.39 is 12.1 Å². The molecule has 3 heterocycles. The highest BCUT2D eigenvalue weighted by Gasteiger charge is 2.29. The Hall–Kier alpha value is -3.54. The number of nitrogens with zero attached hydrogens (tertiary/aromatic N) is 4. The van der Waals surface area contributed by atoms with E-state index in [0.29, 0.717) is 25.3 Å². The van der Waals surface area contributed by atoms with Crippen LogP contribution in [0.5, 0.6) is 5.75 Å². The monoisotopic (exact) mass is 488 g/mol. The summed E-state index contributed by atoms with van der Waals surface area (Å²) in [5.74, 6) is 6.85. The summed E-state index contributed by atoms with van der Waals surface area (Å²) in [7, 11) is 1.62. The van der Waals surface area contributed by atoms with Crippen molar-refractivity contribution in [2.24, 2.45) is 11.8 Å². The molecule has 0 aliphatic carbocycles. The molecule has 2 aromatic heterocycles. The molecule has 1 aromatic carbocycles. The number of carboxylic acids is 1. The molecule has 0 amide bonds. The van der Waals surface area contributed by atoms with E-state index in [9.17, 15) is 15.0 Å². The fourth-order valence-corrected chi connectivity index (χ4v) is 5.02. The summed E-state index contributed by atoms with van der Waals surface area (Å²) < 4.78 is 5.36. The van der Waals surface area contributed by atoms with Crippen LogP contribution in [-0.2, 0) is 4.79 Å². The maximum atomic E-state index is 11.3. The van der Waals surface area contributed by atoms with Gasteiger partial charge in [0.2, 0.25) is 0 Å². The quantitative estimate of drug-likeness (QED) is 0.439. The maximum Gasteiger partial charge on any atom is 0.303 e. The number of methoxy groups -OCH3 is 1. The van der Waals surface area contributed by atoms with E-state index in [4.69, 9.17) is 4.74 Å². The number of fused-ring (bicyclic) bond motifs is 1. The first-order chi connectivity index (χ1) is 17.5. The van der Waals surface area contributed by atoms with E-state index in [-0.39, 0.29) is 12.3 Å². The van der Waals surface area contributed by atoms with Crippen LogP contribution in [0.3, 0.4) is 0 Å². The van der Waals surface area contributed by atoms with Crippen LogP contribution in [0.15, 0.2) is 49.2 Å². The molecule has 1 aliphatic heterocycles. The first kappa shape index (κ1) is 25.5. The summed E-state index contributed by atoms with van der Waals surface area (Å²) >= 11 is 0. The minimum atomic E-state index is -0.771. The first-order valence-electron chi connectivity index (χ1n) is 12.3. The second-order valence-corrected chi connectivity index (χ2v) is 9.28. The molecule has 1 unspecified atom stereocenters. The molecule has 2 N–H and O–H groups in total. The summed E-state index contributed by atoms with van der Waals surface area (Å²) in [5, 5.41) is 21.3. The number of aromatic nitrogens is 3. The summed E-state index contributed by atoms with van der Waals surface area (Å²) in [5.41, 5.74) is 2.45. The first-order valence-corrected chi connectivity index (χ1v) is 12.3. The fraction of sp³-hybridized carbons (Fsp3) is 0.429. The molecule has 1 saturated heterocycles. The van der Waals surface area contributed by atoms with Crippen molar-refractivity contribution in [3.63, 3.8) is 0 Å². The van der Waals surface area contributed by atoms with Crippen molar-refractivity contribution < 1.29 is 19.7 Å². The van der Waals surface area contributed by atoms with Crippen molar-refractivity contribution in [3.8, 4) is 17.6 Å². The minimum Gasteiger partial charge on any atom is -0.497 e. The topological polar surface area (TPSA) is 109 Å². The van der Waals surface area contributed by atoms with Crippen LogP contribution in [0.4, 0.5) is 0 Å². The zero-order valence-corrected chi connectivity index (χ0v) is 20.5. The van der Waals surface area contributed by atoms with Crippen molar-refractivity contribution in [2.45, 2.75) is 38.2 Å². The number of pyridine rings is 1. The van der Waals surface area contributed by atoms with Crippen LogP contribution in [0, 0.1) is 23.7 Å². The number of hydrogen-bond donors (Lipinski definition) is 2. The van der Waals surface area contributed by atoms with Gasteiger partial charge in [0.1, 0.15) is 12.1 Å². The van der Waals surface area contributed by atoms with Gasteiger partial charge in [0.05, 0.1) is 30.8 Å². The van der Waals surface area contributed by atoms with Gasteiger partial charge in [-0.3, -0.25) is 14.7 Å². The highest BCUT2D eigenvalue weighted by molar-refractivity contribution is 5.83. The third-order valence-electron chi connectivity index (χ3n) is 6.95. The van der Waals surface area contributed by atoms with E-state index in [0.717, 1.165) is 53.7 Å². The van der Waals surface area contributed by atoms with Gasteiger partial charge >= 0.3 is 5.97 Å². The zero-order valence-electron chi connectivity index (χ0n) is 20.5. The number of carbonyl (C=O) groups is 1. The van der Waals surface area contributed by atoms with Gasteiger partial charge < -0.3 is 14.9 Å². The van der Waals surface area contributed by atoms with Gasteiger partial charge in [0.15, 0.2) is 0 Å². The highest BCUT2D eigenvalue weighted by Crippen LogP contribution is 2.35. The molecular formula is C28H32N4O4. The van der Waals surface area contributed by atoms with Crippen LogP contribution in [0.25, 0.3) is 10.9 Å². The Bertz CT molecular complexity index is 1220. The molecule has 1 fully saturated rings. The summed E-state index contributed by atoms with van der Waals surface area (Å²) in [4.78, 5) is 25.9. The van der Waals surface area contributed by atoms with Gasteiger partial charge in [-0.05, 0) is 73.9 Å². The largest absolute Gasteiger partial charge is 0.497 e. The zero-order chi connectivity index (χ0) is 25.3. The smallest absolute Gasteiger partial charge is 0.303 e. The van der Waals surface area contributed by atoms with E-state index in [1.165, 1.54) is 6.33 Å². The Morgan fingerprint density at radius 1 is 1.22 bits per heavy atom. The Balaban J connectivity index is 1.39. The third kappa shape index (κ3) is 6.78. The lowest BCUT2D eigenvalue weighted by atomic mass is 9.79. The second-order valence-electron chi connectivity index (χ2n) is 9.28. The summed E-state index contributed by atoms with van der Waals surface area (Å²) in [6.07, 6.45) is 9.14. The molecule has 4 rings (SSSR count). The number of rotatable bonds is 9. The van der Waals surface area contributed by atoms with Crippen LogP contribution >= 0.6 is 0 Å². The van der Waals surface area contributed by atoms with Crippen molar-refractivity contribution in [1.82, 2.24) is 19.9 Å². The lowest BCUT2D eigenvalue weighted by molar-refractivity contribution is -0.137. The van der Waals surface area contributed by atoms with E-state index in [1.807, 2.05) is 24.3 Å². The number of benzene rings is 1. The number of aliphatic hydroxyl groups is 1. The Morgan fingerprint density at radius 2 is 2.06 bits per heavy atom. The van der Waals surface area contributed by atoms with E-state index >= 15 is 0 Å². The van der Waals surface area contributed by atoms with Crippen molar-refractivity contribution in [3.05, 3.63) is 60.3 Å². The molecule has 188 valence electrons. The van der Waals surface area contributed by atoms with Crippen molar-refractivity contribution in [2.75, 3.05) is 26.7 Å². The lowest BCUT2D eigenvalue weighted by Gasteiger charge is -2.38. The number of ether oxygens (including phenoxy) is 1. The van der Waals surface area contributed by atoms with Gasteiger partial charge in [-0.1, -0.05) is 11.8 Å².